The number of nitrogens with one attached hydrogen (secondary N) is 2. The van der Waals surface area contributed by atoms with Crippen LogP contribution in [0.3, 0.4) is 0 Å². The molecular weight excluding hydrogens is 447 g/mol. The number of nitrogens with zero attached hydrogens (tertiary/aromatic N) is 4. The highest BCUT2D eigenvalue weighted by molar-refractivity contribution is 7.14. The van der Waals surface area contributed by atoms with Crippen molar-refractivity contribution in [3.63, 3.8) is 0 Å². The fourth-order valence-corrected chi connectivity index (χ4v) is 5.21. The van der Waals surface area contributed by atoms with Crippen molar-refractivity contribution in [1.29, 1.82) is 0 Å². The van der Waals surface area contributed by atoms with E-state index in [4.69, 9.17) is 11.6 Å². The number of hydrogen-bond acceptors (Lipinski definition) is 7. The summed E-state index contributed by atoms with van der Waals surface area (Å²) < 4.78 is 14.5. The normalized spacial score (nSPS) is 18.5. The first-order valence-corrected chi connectivity index (χ1v) is 11.8. The van der Waals surface area contributed by atoms with E-state index in [1.54, 1.807) is 0 Å². The number of thiazole rings is 1. The summed E-state index contributed by atoms with van der Waals surface area (Å²) in [5.74, 6) is 0.0431. The number of aromatic nitrogens is 3. The summed E-state index contributed by atoms with van der Waals surface area (Å²) in [6.45, 7) is 8.86. The highest BCUT2D eigenvalue weighted by atomic mass is 35.5. The SMILES string of the molecule is CN1C(C)(C)CC(Nc2nc(Nc3nc(-c4ccc(Cl)cc4)cs3)ncc2F)CC1(C)C. The molecule has 4 rings (SSSR count). The monoisotopic (exact) mass is 474 g/mol. The van der Waals surface area contributed by atoms with E-state index in [1.807, 2.05) is 29.6 Å². The number of hydrogen-bond donors (Lipinski definition) is 2. The van der Waals surface area contributed by atoms with Crippen molar-refractivity contribution in [1.82, 2.24) is 19.9 Å². The fraction of sp³-hybridized carbons (Fsp3) is 0.435. The molecule has 3 aromatic rings. The molecule has 0 aliphatic carbocycles. The molecule has 0 unspecified atom stereocenters. The molecule has 9 heteroatoms. The highest BCUT2D eigenvalue weighted by Gasteiger charge is 2.43. The Bertz CT molecular complexity index is 1080. The Balaban J connectivity index is 1.49. The van der Waals surface area contributed by atoms with Gasteiger partial charge in [0.2, 0.25) is 5.95 Å². The van der Waals surface area contributed by atoms with E-state index in [0.29, 0.717) is 16.1 Å². The molecule has 2 N–H and O–H groups in total. The van der Waals surface area contributed by atoms with Crippen LogP contribution in [-0.4, -0.2) is 44.0 Å². The van der Waals surface area contributed by atoms with Crippen LogP contribution >= 0.6 is 22.9 Å². The molecule has 1 aliphatic rings. The number of anilines is 3. The van der Waals surface area contributed by atoms with Crippen molar-refractivity contribution in [2.75, 3.05) is 17.7 Å². The van der Waals surface area contributed by atoms with Crippen LogP contribution in [0.1, 0.15) is 40.5 Å². The molecule has 0 radical (unpaired) electrons. The molecule has 0 saturated carbocycles. The predicted octanol–water partition coefficient (Wildman–Crippen LogP) is 6.20. The van der Waals surface area contributed by atoms with Gasteiger partial charge in [-0.1, -0.05) is 23.7 Å². The van der Waals surface area contributed by atoms with Crippen molar-refractivity contribution in [2.45, 2.75) is 57.7 Å². The third-order valence-corrected chi connectivity index (χ3v) is 7.27. The second kappa shape index (κ2) is 8.57. The van der Waals surface area contributed by atoms with Crippen molar-refractivity contribution >= 4 is 39.8 Å². The van der Waals surface area contributed by atoms with E-state index in [1.165, 1.54) is 17.5 Å². The van der Waals surface area contributed by atoms with Crippen LogP contribution in [0.15, 0.2) is 35.8 Å². The molecular formula is C23H28ClFN6S. The van der Waals surface area contributed by atoms with E-state index >= 15 is 0 Å². The molecule has 1 fully saturated rings. The number of benzene rings is 1. The molecule has 6 nitrogen and oxygen atoms in total. The van der Waals surface area contributed by atoms with Gasteiger partial charge in [-0.25, -0.2) is 14.4 Å². The molecule has 32 heavy (non-hydrogen) atoms. The molecule has 0 amide bonds. The van der Waals surface area contributed by atoms with Crippen LogP contribution in [0.25, 0.3) is 11.3 Å². The van der Waals surface area contributed by atoms with E-state index in [0.717, 1.165) is 24.1 Å². The zero-order valence-electron chi connectivity index (χ0n) is 18.9. The third-order valence-electron chi connectivity index (χ3n) is 6.26. The van der Waals surface area contributed by atoms with Gasteiger partial charge in [-0.3, -0.25) is 10.2 Å². The van der Waals surface area contributed by atoms with Gasteiger partial charge in [0.05, 0.1) is 11.9 Å². The minimum Gasteiger partial charge on any atom is -0.365 e. The summed E-state index contributed by atoms with van der Waals surface area (Å²) in [6.07, 6.45) is 2.96. The topological polar surface area (TPSA) is 66.0 Å². The molecule has 0 bridgehead atoms. The number of piperidine rings is 1. The van der Waals surface area contributed by atoms with Crippen LogP contribution < -0.4 is 10.6 Å². The van der Waals surface area contributed by atoms with Crippen LogP contribution in [0.5, 0.6) is 0 Å². The Labute approximate surface area is 197 Å². The molecule has 2 aromatic heterocycles. The van der Waals surface area contributed by atoms with Gasteiger partial charge in [-0.15, -0.1) is 11.3 Å². The van der Waals surface area contributed by atoms with E-state index < -0.39 is 5.82 Å². The lowest BCUT2D eigenvalue weighted by Gasteiger charge is -2.53. The Morgan fingerprint density at radius 1 is 1.09 bits per heavy atom. The molecule has 1 aliphatic heterocycles. The maximum Gasteiger partial charge on any atom is 0.231 e. The zero-order valence-corrected chi connectivity index (χ0v) is 20.5. The van der Waals surface area contributed by atoms with Gasteiger partial charge in [0.25, 0.3) is 0 Å². The minimum absolute atomic E-state index is 0.0110. The Hall–Kier alpha value is -2.29. The Morgan fingerprint density at radius 3 is 2.41 bits per heavy atom. The first kappa shape index (κ1) is 22.9. The second-order valence-electron chi connectivity index (χ2n) is 9.49. The maximum atomic E-state index is 14.5. The summed E-state index contributed by atoms with van der Waals surface area (Å²) in [4.78, 5) is 15.5. The lowest BCUT2D eigenvalue weighted by Crippen LogP contribution is -2.61. The van der Waals surface area contributed by atoms with Crippen LogP contribution in [0.2, 0.25) is 5.02 Å². The van der Waals surface area contributed by atoms with Gasteiger partial charge in [0, 0.05) is 33.1 Å². The Morgan fingerprint density at radius 2 is 1.75 bits per heavy atom. The molecule has 0 spiro atoms. The molecule has 3 heterocycles. The summed E-state index contributed by atoms with van der Waals surface area (Å²) >= 11 is 7.40. The van der Waals surface area contributed by atoms with Gasteiger partial charge in [0.1, 0.15) is 0 Å². The smallest absolute Gasteiger partial charge is 0.231 e. The largest absolute Gasteiger partial charge is 0.365 e. The highest BCUT2D eigenvalue weighted by Crippen LogP contribution is 2.38. The number of likely N-dealkylation sites (tertiary alicyclic amines) is 1. The van der Waals surface area contributed by atoms with Gasteiger partial charge in [-0.2, -0.15) is 4.98 Å². The van der Waals surface area contributed by atoms with Crippen LogP contribution in [0, 0.1) is 5.82 Å². The summed E-state index contributed by atoms with van der Waals surface area (Å²) in [6, 6.07) is 7.60. The first-order chi connectivity index (χ1) is 15.0. The fourth-order valence-electron chi connectivity index (χ4n) is 4.38. The van der Waals surface area contributed by atoms with E-state index in [2.05, 4.69) is 65.2 Å². The van der Waals surface area contributed by atoms with Crippen molar-refractivity contribution in [2.24, 2.45) is 0 Å². The summed E-state index contributed by atoms with van der Waals surface area (Å²) in [7, 11) is 2.15. The van der Waals surface area contributed by atoms with Gasteiger partial charge < -0.3 is 5.32 Å². The quantitative estimate of drug-likeness (QED) is 0.459. The van der Waals surface area contributed by atoms with Crippen molar-refractivity contribution in [3.8, 4) is 11.3 Å². The van der Waals surface area contributed by atoms with Gasteiger partial charge in [0.15, 0.2) is 16.8 Å². The average Bonchev–Trinajstić information content (AvgIpc) is 3.17. The summed E-state index contributed by atoms with van der Waals surface area (Å²) in [5, 5.41) is 9.67. The number of halogens is 2. The first-order valence-electron chi connectivity index (χ1n) is 10.5. The van der Waals surface area contributed by atoms with E-state index in [-0.39, 0.29) is 22.9 Å². The maximum absolute atomic E-state index is 14.5. The van der Waals surface area contributed by atoms with Crippen molar-refractivity contribution in [3.05, 3.63) is 46.7 Å². The average molecular weight is 475 g/mol. The van der Waals surface area contributed by atoms with Crippen LogP contribution in [0.4, 0.5) is 21.3 Å². The predicted molar refractivity (Wildman–Crippen MR) is 130 cm³/mol. The second-order valence-corrected chi connectivity index (χ2v) is 10.8. The molecule has 1 saturated heterocycles. The lowest BCUT2D eigenvalue weighted by molar-refractivity contribution is -0.00778. The zero-order chi connectivity index (χ0) is 23.1. The third kappa shape index (κ3) is 4.87. The molecule has 0 atom stereocenters. The number of rotatable bonds is 5. The van der Waals surface area contributed by atoms with E-state index in [9.17, 15) is 4.39 Å². The van der Waals surface area contributed by atoms with Gasteiger partial charge >= 0.3 is 0 Å². The van der Waals surface area contributed by atoms with Gasteiger partial charge in [-0.05, 0) is 59.7 Å². The Kier molecular flexibility index (Phi) is 6.13. The summed E-state index contributed by atoms with van der Waals surface area (Å²) in [5.41, 5.74) is 1.77. The standard InChI is InChI=1S/C23H28ClFN6S/c1-22(2)10-16(11-23(3,4)31(22)5)27-19-17(25)12-26-20(29-19)30-21-28-18(13-32-21)14-6-8-15(24)9-7-14/h6-9,12-13,16H,10-11H2,1-5H3,(H2,26,27,28,29,30). The minimum atomic E-state index is -0.467. The molecule has 1 aromatic carbocycles. The lowest BCUT2D eigenvalue weighted by atomic mass is 9.77. The van der Waals surface area contributed by atoms with Crippen LogP contribution in [-0.2, 0) is 0 Å². The molecule has 170 valence electrons. The van der Waals surface area contributed by atoms with Crippen molar-refractivity contribution < 1.29 is 4.39 Å².